The van der Waals surface area contributed by atoms with Crippen LogP contribution >= 0.6 is 0 Å². The lowest BCUT2D eigenvalue weighted by molar-refractivity contribution is 1.27. The van der Waals surface area contributed by atoms with Crippen molar-refractivity contribution >= 4 is 81.7 Å². The number of benzene rings is 9. The summed E-state index contributed by atoms with van der Waals surface area (Å²) in [4.78, 5) is 2.44. The Balaban J connectivity index is 1.38. The van der Waals surface area contributed by atoms with Crippen LogP contribution in [0.5, 0.6) is 0 Å². The summed E-state index contributed by atoms with van der Waals surface area (Å²) in [5, 5.41) is 15.8. The van der Waals surface area contributed by atoms with E-state index in [0.717, 1.165) is 11.4 Å². The summed E-state index contributed by atoms with van der Waals surface area (Å²) in [6.07, 6.45) is 0. The lowest BCUT2D eigenvalue weighted by Gasteiger charge is -2.27. The molecule has 0 atom stereocenters. The van der Waals surface area contributed by atoms with E-state index in [4.69, 9.17) is 0 Å². The minimum atomic E-state index is 1.16. The minimum absolute atomic E-state index is 1.16. The van der Waals surface area contributed by atoms with Crippen molar-refractivity contribution in [3.05, 3.63) is 187 Å². The maximum absolute atomic E-state index is 2.44. The lowest BCUT2D eigenvalue weighted by Crippen LogP contribution is -2.10. The first-order valence-corrected chi connectivity index (χ1v) is 18.5. The maximum Gasteiger partial charge on any atom is 0.0540 e. The zero-order valence-electron chi connectivity index (χ0n) is 29.7. The van der Waals surface area contributed by atoms with Crippen molar-refractivity contribution in [2.75, 3.05) is 4.90 Å². The standard InChI is InChI=1S/C52H35N/c1-32-14-9-22-37(30-32)53(38-23-10-15-33(2)31-38)44-29-28-43-48-39(44)24-13-27-42(48)51-46(35-16-5-3-6-17-35)49-40-25-11-20-34-21-12-26-41(45(34)40)50(49)47(52(43)51)36-18-7-4-8-19-36/h3-31H,1-2H3. The zero-order chi connectivity index (χ0) is 35.2. The molecule has 53 heavy (non-hydrogen) atoms. The first-order valence-electron chi connectivity index (χ1n) is 18.5. The lowest BCUT2D eigenvalue weighted by atomic mass is 9.87. The molecule has 0 saturated carbocycles. The van der Waals surface area contributed by atoms with Crippen molar-refractivity contribution in [3.63, 3.8) is 0 Å². The fourth-order valence-corrected chi connectivity index (χ4v) is 9.34. The number of aryl methyl sites for hydroxylation is 2. The summed E-state index contributed by atoms with van der Waals surface area (Å²) >= 11 is 0. The fourth-order valence-electron chi connectivity index (χ4n) is 9.34. The van der Waals surface area contributed by atoms with Gasteiger partial charge in [0, 0.05) is 16.8 Å². The van der Waals surface area contributed by atoms with Gasteiger partial charge in [-0.2, -0.15) is 0 Å². The van der Waals surface area contributed by atoms with Crippen molar-refractivity contribution in [2.24, 2.45) is 0 Å². The van der Waals surface area contributed by atoms with Gasteiger partial charge in [0.2, 0.25) is 0 Å². The van der Waals surface area contributed by atoms with Gasteiger partial charge in [0.05, 0.1) is 5.69 Å². The van der Waals surface area contributed by atoms with E-state index >= 15 is 0 Å². The van der Waals surface area contributed by atoms with E-state index in [2.05, 4.69) is 195 Å². The highest BCUT2D eigenvalue weighted by Gasteiger charge is 2.28. The Kier molecular flexibility index (Phi) is 6.45. The number of fused-ring (bicyclic) bond motifs is 6. The Morgan fingerprint density at radius 2 is 0.755 bits per heavy atom. The van der Waals surface area contributed by atoms with Gasteiger partial charge in [-0.1, -0.05) is 146 Å². The summed E-state index contributed by atoms with van der Waals surface area (Å²) in [5.41, 5.74) is 11.1. The molecule has 0 bridgehead atoms. The molecule has 0 aliphatic rings. The molecule has 0 aliphatic carbocycles. The Morgan fingerprint density at radius 3 is 1.26 bits per heavy atom. The van der Waals surface area contributed by atoms with Gasteiger partial charge in [-0.3, -0.25) is 0 Å². The van der Waals surface area contributed by atoms with Crippen LogP contribution in [0.3, 0.4) is 0 Å². The van der Waals surface area contributed by atoms with E-state index in [9.17, 15) is 0 Å². The van der Waals surface area contributed by atoms with Gasteiger partial charge in [-0.05, 0) is 137 Å². The van der Waals surface area contributed by atoms with Crippen molar-refractivity contribution in [1.82, 2.24) is 0 Å². The van der Waals surface area contributed by atoms with Crippen molar-refractivity contribution in [2.45, 2.75) is 13.8 Å². The monoisotopic (exact) mass is 673 g/mol. The van der Waals surface area contributed by atoms with Crippen LogP contribution in [-0.2, 0) is 0 Å². The third-order valence-corrected chi connectivity index (χ3v) is 11.4. The molecule has 0 N–H and O–H groups in total. The SMILES string of the molecule is Cc1cccc(N(c2cccc(C)c2)c2ccc3c4c(-c5ccccc5)c5c6cccc7cccc(c5c(-c5ccccc5)c4c4cccc2c43)c76)c1. The van der Waals surface area contributed by atoms with Gasteiger partial charge in [-0.15, -0.1) is 0 Å². The predicted octanol–water partition coefficient (Wildman–Crippen LogP) is 14.9. The Morgan fingerprint density at radius 1 is 0.321 bits per heavy atom. The summed E-state index contributed by atoms with van der Waals surface area (Å²) in [6, 6.07) is 65.3. The largest absolute Gasteiger partial charge is 0.310 e. The molecule has 0 spiro atoms. The second-order valence-electron chi connectivity index (χ2n) is 14.6. The van der Waals surface area contributed by atoms with Crippen LogP contribution < -0.4 is 4.90 Å². The molecule has 0 radical (unpaired) electrons. The van der Waals surface area contributed by atoms with Crippen molar-refractivity contribution in [1.29, 1.82) is 0 Å². The smallest absolute Gasteiger partial charge is 0.0540 e. The molecule has 248 valence electrons. The van der Waals surface area contributed by atoms with Crippen molar-refractivity contribution in [3.8, 4) is 22.3 Å². The van der Waals surface area contributed by atoms with E-state index in [1.54, 1.807) is 0 Å². The van der Waals surface area contributed by atoms with E-state index in [-0.39, 0.29) is 0 Å². The highest BCUT2D eigenvalue weighted by atomic mass is 15.1. The molecule has 1 heteroatoms. The number of rotatable bonds is 5. The molecule has 0 heterocycles. The van der Waals surface area contributed by atoms with Gasteiger partial charge in [0.1, 0.15) is 0 Å². The van der Waals surface area contributed by atoms with E-state index in [1.807, 2.05) is 0 Å². The Labute approximate surface area is 308 Å². The normalized spacial score (nSPS) is 12.0. The molecular formula is C52H35N. The van der Waals surface area contributed by atoms with E-state index in [0.29, 0.717) is 0 Å². The predicted molar refractivity (Wildman–Crippen MR) is 229 cm³/mol. The Hall–Kier alpha value is -6.70. The first kappa shape index (κ1) is 30.0. The van der Waals surface area contributed by atoms with Crippen LogP contribution in [0.2, 0.25) is 0 Å². The fraction of sp³-hybridized carbons (Fsp3) is 0.0385. The third kappa shape index (κ3) is 4.31. The summed E-state index contributed by atoms with van der Waals surface area (Å²) in [6.45, 7) is 4.35. The summed E-state index contributed by atoms with van der Waals surface area (Å²) < 4.78 is 0. The van der Waals surface area contributed by atoms with E-state index in [1.165, 1.54) is 104 Å². The van der Waals surface area contributed by atoms with Gasteiger partial charge < -0.3 is 4.90 Å². The third-order valence-electron chi connectivity index (χ3n) is 11.4. The van der Waals surface area contributed by atoms with Crippen LogP contribution in [0, 0.1) is 13.8 Å². The van der Waals surface area contributed by atoms with Crippen LogP contribution in [-0.4, -0.2) is 0 Å². The van der Waals surface area contributed by atoms with E-state index < -0.39 is 0 Å². The van der Waals surface area contributed by atoms with Gasteiger partial charge in [0.15, 0.2) is 0 Å². The van der Waals surface area contributed by atoms with Gasteiger partial charge in [0.25, 0.3) is 0 Å². The van der Waals surface area contributed by atoms with Crippen molar-refractivity contribution < 1.29 is 0 Å². The molecular weight excluding hydrogens is 639 g/mol. The second-order valence-corrected chi connectivity index (χ2v) is 14.6. The molecule has 11 aromatic rings. The molecule has 0 aliphatic heterocycles. The number of anilines is 3. The topological polar surface area (TPSA) is 3.24 Å². The molecule has 0 aromatic heterocycles. The molecule has 0 fully saturated rings. The average molecular weight is 674 g/mol. The van der Waals surface area contributed by atoms with Crippen LogP contribution in [0.1, 0.15) is 11.1 Å². The number of hydrogen-bond donors (Lipinski definition) is 0. The van der Waals surface area contributed by atoms with Crippen LogP contribution in [0.15, 0.2) is 176 Å². The summed E-state index contributed by atoms with van der Waals surface area (Å²) in [5.74, 6) is 0. The number of nitrogens with zero attached hydrogens (tertiary/aromatic N) is 1. The second kappa shape index (κ2) is 11.4. The zero-order valence-corrected chi connectivity index (χ0v) is 29.7. The first-order chi connectivity index (χ1) is 26.2. The maximum atomic E-state index is 2.44. The molecule has 11 aromatic carbocycles. The average Bonchev–Trinajstić information content (AvgIpc) is 3.71. The quantitative estimate of drug-likeness (QED) is 0.176. The molecule has 1 nitrogen and oxygen atoms in total. The molecule has 0 saturated heterocycles. The highest BCUT2D eigenvalue weighted by molar-refractivity contribution is 6.46. The minimum Gasteiger partial charge on any atom is -0.310 e. The Bertz CT molecular complexity index is 3000. The van der Waals surface area contributed by atoms with Crippen LogP contribution in [0.25, 0.3) is 86.9 Å². The van der Waals surface area contributed by atoms with Crippen LogP contribution in [0.4, 0.5) is 17.1 Å². The summed E-state index contributed by atoms with van der Waals surface area (Å²) in [7, 11) is 0. The molecule has 0 unspecified atom stereocenters. The van der Waals surface area contributed by atoms with Gasteiger partial charge >= 0.3 is 0 Å². The molecule has 0 amide bonds. The van der Waals surface area contributed by atoms with Gasteiger partial charge in [-0.25, -0.2) is 0 Å². The number of hydrogen-bond acceptors (Lipinski definition) is 1. The highest BCUT2D eigenvalue weighted by Crippen LogP contribution is 2.56. The molecule has 11 rings (SSSR count).